The Kier molecular flexibility index (Phi) is 8.66. The molecule has 0 bridgehead atoms. The highest BCUT2D eigenvalue weighted by atomic mass is 35.5. The van der Waals surface area contributed by atoms with E-state index in [1.165, 1.54) is 30.0 Å². The number of nitro groups is 1. The monoisotopic (exact) mass is 554 g/mol. The molecule has 0 radical (unpaired) electrons. The molecule has 1 unspecified atom stereocenters. The van der Waals surface area contributed by atoms with Gasteiger partial charge in [-0.25, -0.2) is 9.59 Å². The van der Waals surface area contributed by atoms with Gasteiger partial charge in [-0.1, -0.05) is 48.7 Å². The number of ketones is 1. The summed E-state index contributed by atoms with van der Waals surface area (Å²) in [6, 6.07) is 11.6. The largest absolute Gasteiger partial charge is 0.478 e. The Morgan fingerprint density at radius 3 is 2.54 bits per heavy atom. The van der Waals surface area contributed by atoms with Crippen LogP contribution in [0.2, 0.25) is 5.02 Å². The Morgan fingerprint density at radius 1 is 1.21 bits per heavy atom. The second-order valence-corrected chi connectivity index (χ2v) is 10.4. The van der Waals surface area contributed by atoms with E-state index >= 15 is 0 Å². The maximum absolute atomic E-state index is 13.4. The van der Waals surface area contributed by atoms with Crippen LogP contribution in [0.5, 0.6) is 0 Å². The summed E-state index contributed by atoms with van der Waals surface area (Å²) in [6.45, 7) is 2.25. The standard InChI is InChI=1S/C28H31ClN4O6/c1-18-24(26(35)36)25(19-6-4-7-22(16-19)33(38)39)32(27(37)31-18)15-5-14-30-17-23(34)28(12-2-3-13-28)20-8-10-21(29)11-9-20/h4,6-11,16,25,30H,2-3,5,12-15,17H2,1H3,(H,31,37)(H,35,36). The van der Waals surface area contributed by atoms with Crippen molar-refractivity contribution < 1.29 is 24.4 Å². The SMILES string of the molecule is CC1=C(C(=O)O)C(c2cccc([N+](=O)[O-])c2)N(CCCNCC(=O)C2(c3ccc(Cl)cc3)CCCC2)C(=O)N1. The lowest BCUT2D eigenvalue weighted by Crippen LogP contribution is -2.49. The molecule has 3 N–H and O–H groups in total. The van der Waals surface area contributed by atoms with Crippen molar-refractivity contribution >= 4 is 35.1 Å². The van der Waals surface area contributed by atoms with Crippen LogP contribution in [0.1, 0.15) is 56.2 Å². The van der Waals surface area contributed by atoms with Crippen LogP contribution in [0.4, 0.5) is 10.5 Å². The van der Waals surface area contributed by atoms with Crippen molar-refractivity contribution in [1.82, 2.24) is 15.5 Å². The minimum Gasteiger partial charge on any atom is -0.478 e. The lowest BCUT2D eigenvalue weighted by Gasteiger charge is -2.37. The molecule has 0 aromatic heterocycles. The molecule has 1 atom stereocenters. The maximum Gasteiger partial charge on any atom is 0.335 e. The van der Waals surface area contributed by atoms with Gasteiger partial charge in [-0.3, -0.25) is 14.9 Å². The number of amides is 2. The van der Waals surface area contributed by atoms with Crippen molar-refractivity contribution in [3.63, 3.8) is 0 Å². The number of hydrogen-bond acceptors (Lipinski definition) is 6. The van der Waals surface area contributed by atoms with Gasteiger partial charge < -0.3 is 20.6 Å². The van der Waals surface area contributed by atoms with Crippen LogP contribution in [0, 0.1) is 10.1 Å². The number of halogens is 1. The predicted molar refractivity (Wildman–Crippen MR) is 146 cm³/mol. The summed E-state index contributed by atoms with van der Waals surface area (Å²) in [6.07, 6.45) is 3.98. The van der Waals surface area contributed by atoms with Crippen LogP contribution in [0.25, 0.3) is 0 Å². The van der Waals surface area contributed by atoms with Crippen LogP contribution in [-0.4, -0.2) is 52.3 Å². The van der Waals surface area contributed by atoms with Gasteiger partial charge in [-0.15, -0.1) is 0 Å². The van der Waals surface area contributed by atoms with E-state index in [1.54, 1.807) is 18.2 Å². The molecule has 2 aromatic carbocycles. The molecule has 2 aliphatic rings. The van der Waals surface area contributed by atoms with Crippen molar-refractivity contribution in [2.45, 2.75) is 50.5 Å². The summed E-state index contributed by atoms with van der Waals surface area (Å²) < 4.78 is 0. The number of nitrogens with one attached hydrogen (secondary N) is 2. The Labute approximate surface area is 231 Å². The molecule has 1 saturated carbocycles. The third-order valence-corrected chi connectivity index (χ3v) is 7.85. The summed E-state index contributed by atoms with van der Waals surface area (Å²) in [5, 5.41) is 27.6. The molecule has 0 saturated heterocycles. The van der Waals surface area contributed by atoms with Gasteiger partial charge in [0.2, 0.25) is 0 Å². The molecule has 2 amide bonds. The number of non-ortho nitro benzene ring substituents is 1. The van der Waals surface area contributed by atoms with Crippen molar-refractivity contribution in [3.8, 4) is 0 Å². The summed E-state index contributed by atoms with van der Waals surface area (Å²) in [5.74, 6) is -1.11. The molecule has 11 heteroatoms. The van der Waals surface area contributed by atoms with Crippen molar-refractivity contribution in [3.05, 3.63) is 86.1 Å². The van der Waals surface area contributed by atoms with Crippen molar-refractivity contribution in [2.24, 2.45) is 0 Å². The molecule has 1 fully saturated rings. The smallest absolute Gasteiger partial charge is 0.335 e. The van der Waals surface area contributed by atoms with Gasteiger partial charge in [0, 0.05) is 29.4 Å². The number of benzene rings is 2. The molecular weight excluding hydrogens is 524 g/mol. The van der Waals surface area contributed by atoms with E-state index in [2.05, 4.69) is 10.6 Å². The predicted octanol–water partition coefficient (Wildman–Crippen LogP) is 4.73. The zero-order valence-corrected chi connectivity index (χ0v) is 22.4. The molecule has 39 heavy (non-hydrogen) atoms. The average molecular weight is 555 g/mol. The first-order valence-corrected chi connectivity index (χ1v) is 13.3. The van der Waals surface area contributed by atoms with E-state index in [9.17, 15) is 29.6 Å². The lowest BCUT2D eigenvalue weighted by atomic mass is 9.75. The molecule has 1 aliphatic carbocycles. The van der Waals surface area contributed by atoms with Crippen LogP contribution in [0.3, 0.4) is 0 Å². The normalized spacial score (nSPS) is 18.7. The van der Waals surface area contributed by atoms with E-state index in [1.807, 2.05) is 12.1 Å². The zero-order chi connectivity index (χ0) is 28.2. The number of rotatable bonds is 11. The maximum atomic E-state index is 13.4. The number of nitro benzene ring substituents is 1. The number of carbonyl (C=O) groups excluding carboxylic acids is 2. The first-order valence-electron chi connectivity index (χ1n) is 12.9. The highest BCUT2D eigenvalue weighted by molar-refractivity contribution is 6.30. The van der Waals surface area contributed by atoms with E-state index in [0.29, 0.717) is 23.6 Å². The number of Topliss-reactive ketones (excluding diaryl/α,β-unsaturated/α-hetero) is 1. The highest BCUT2D eigenvalue weighted by Crippen LogP contribution is 2.42. The number of hydrogen-bond donors (Lipinski definition) is 3. The van der Waals surface area contributed by atoms with E-state index in [0.717, 1.165) is 31.2 Å². The first kappa shape index (κ1) is 28.3. The minimum absolute atomic E-state index is 0.0515. The lowest BCUT2D eigenvalue weighted by molar-refractivity contribution is -0.384. The van der Waals surface area contributed by atoms with Gasteiger partial charge in [0.1, 0.15) is 0 Å². The molecule has 2 aromatic rings. The molecular formula is C28H31ClN4O6. The summed E-state index contributed by atoms with van der Waals surface area (Å²) in [7, 11) is 0. The number of carboxylic acid groups (broad SMARTS) is 1. The first-order chi connectivity index (χ1) is 18.6. The number of carbonyl (C=O) groups is 3. The fraction of sp³-hybridized carbons (Fsp3) is 0.393. The summed E-state index contributed by atoms with van der Waals surface area (Å²) >= 11 is 6.05. The molecule has 0 spiro atoms. The molecule has 10 nitrogen and oxygen atoms in total. The van der Waals surface area contributed by atoms with Gasteiger partial charge in [0.05, 0.1) is 28.5 Å². The fourth-order valence-electron chi connectivity index (χ4n) is 5.66. The number of allylic oxidation sites excluding steroid dienone is 1. The van der Waals surface area contributed by atoms with Gasteiger partial charge >= 0.3 is 12.0 Å². The van der Waals surface area contributed by atoms with Crippen LogP contribution < -0.4 is 10.6 Å². The molecule has 206 valence electrons. The Bertz CT molecular complexity index is 1300. The summed E-state index contributed by atoms with van der Waals surface area (Å²) in [5.41, 5.74) is 0.727. The Hall–Kier alpha value is -3.76. The topological polar surface area (TPSA) is 142 Å². The second kappa shape index (κ2) is 12.0. The van der Waals surface area contributed by atoms with E-state index < -0.39 is 28.4 Å². The zero-order valence-electron chi connectivity index (χ0n) is 21.6. The number of nitrogens with zero attached hydrogens (tertiary/aromatic N) is 2. The van der Waals surface area contributed by atoms with Crippen LogP contribution in [-0.2, 0) is 15.0 Å². The van der Waals surface area contributed by atoms with Gasteiger partial charge in [0.15, 0.2) is 5.78 Å². The van der Waals surface area contributed by atoms with E-state index in [4.69, 9.17) is 11.6 Å². The van der Waals surface area contributed by atoms with Crippen molar-refractivity contribution in [2.75, 3.05) is 19.6 Å². The summed E-state index contributed by atoms with van der Waals surface area (Å²) in [4.78, 5) is 50.5. The minimum atomic E-state index is -1.22. The fourth-order valence-corrected chi connectivity index (χ4v) is 5.79. The van der Waals surface area contributed by atoms with Crippen LogP contribution >= 0.6 is 11.6 Å². The van der Waals surface area contributed by atoms with Crippen LogP contribution in [0.15, 0.2) is 59.8 Å². The Balaban J connectivity index is 1.44. The number of urea groups is 1. The van der Waals surface area contributed by atoms with Crippen molar-refractivity contribution in [1.29, 1.82) is 0 Å². The molecule has 1 aliphatic heterocycles. The van der Waals surface area contributed by atoms with Gasteiger partial charge in [-0.05, 0) is 56.0 Å². The number of carboxylic acids is 1. The Morgan fingerprint density at radius 2 is 1.90 bits per heavy atom. The average Bonchev–Trinajstić information content (AvgIpc) is 3.40. The van der Waals surface area contributed by atoms with E-state index in [-0.39, 0.29) is 35.8 Å². The van der Waals surface area contributed by atoms with Gasteiger partial charge in [-0.2, -0.15) is 0 Å². The molecule has 4 rings (SSSR count). The van der Waals surface area contributed by atoms with Gasteiger partial charge in [0.25, 0.3) is 5.69 Å². The number of aliphatic carboxylic acids is 1. The second-order valence-electron chi connectivity index (χ2n) is 9.97. The quantitative estimate of drug-likeness (QED) is 0.207. The highest BCUT2D eigenvalue weighted by Gasteiger charge is 2.42. The third kappa shape index (κ3) is 5.97. The molecule has 1 heterocycles. The third-order valence-electron chi connectivity index (χ3n) is 7.60.